The number of aryl methyl sites for hydroxylation is 1. The number of fused-ring (bicyclic) bond motifs is 3. The van der Waals surface area contributed by atoms with Gasteiger partial charge in [0.25, 0.3) is 5.88 Å². The first kappa shape index (κ1) is 15.6. The Kier molecular flexibility index (Phi) is 3.65. The van der Waals surface area contributed by atoms with Gasteiger partial charge in [-0.2, -0.15) is 0 Å². The molecule has 0 radical (unpaired) electrons. The van der Waals surface area contributed by atoms with Gasteiger partial charge in [-0.05, 0) is 48.9 Å². The van der Waals surface area contributed by atoms with E-state index < -0.39 is 5.63 Å². The van der Waals surface area contributed by atoms with Crippen LogP contribution in [0.25, 0.3) is 21.9 Å². The molecule has 1 N–H and O–H groups in total. The number of benzene rings is 2. The van der Waals surface area contributed by atoms with E-state index in [0.717, 1.165) is 15.4 Å². The van der Waals surface area contributed by atoms with Gasteiger partial charge < -0.3 is 13.9 Å². The zero-order valence-corrected chi connectivity index (χ0v) is 14.6. The predicted octanol–water partition coefficient (Wildman–Crippen LogP) is 5.73. The molecular weight excluding hydrogens is 388 g/mol. The van der Waals surface area contributed by atoms with Crippen molar-refractivity contribution >= 4 is 49.4 Å². The van der Waals surface area contributed by atoms with Crippen LogP contribution in [0.15, 0.2) is 70.8 Å². The van der Waals surface area contributed by atoms with Crippen LogP contribution in [0, 0.1) is 6.92 Å². The highest BCUT2D eigenvalue weighted by Gasteiger charge is 2.18. The molecule has 0 amide bonds. The summed E-state index contributed by atoms with van der Waals surface area (Å²) < 4.78 is 11.7. The van der Waals surface area contributed by atoms with E-state index in [-0.39, 0.29) is 17.2 Å². The topological polar surface area (TPSA) is 88.3 Å². The van der Waals surface area contributed by atoms with Crippen LogP contribution in [0.2, 0.25) is 0 Å². The second-order valence-corrected chi connectivity index (χ2v) is 6.41. The van der Waals surface area contributed by atoms with Gasteiger partial charge in [0.1, 0.15) is 11.0 Å². The van der Waals surface area contributed by atoms with Crippen molar-refractivity contribution in [1.82, 2.24) is 0 Å². The van der Waals surface area contributed by atoms with Crippen LogP contribution in [0.1, 0.15) is 5.56 Å². The number of hydrogen-bond acceptors (Lipinski definition) is 6. The van der Waals surface area contributed by atoms with E-state index in [1.165, 1.54) is 6.07 Å². The molecule has 124 valence electrons. The Labute approximate surface area is 149 Å². The van der Waals surface area contributed by atoms with E-state index in [9.17, 15) is 9.90 Å². The molecule has 0 unspecified atom stereocenters. The second kappa shape index (κ2) is 5.86. The number of hydrogen-bond donors (Lipinski definition) is 1. The Morgan fingerprint density at radius 2 is 1.80 bits per heavy atom. The highest BCUT2D eigenvalue weighted by molar-refractivity contribution is 9.10. The average molecular weight is 399 g/mol. The fraction of sp³-hybridized carbons (Fsp3) is 0.0556. The third kappa shape index (κ3) is 2.72. The molecule has 0 aliphatic carbocycles. The van der Waals surface area contributed by atoms with Crippen molar-refractivity contribution in [3.8, 4) is 5.75 Å². The first-order valence-corrected chi connectivity index (χ1v) is 8.18. The largest absolute Gasteiger partial charge is 0.502 e. The summed E-state index contributed by atoms with van der Waals surface area (Å²) >= 11 is 3.34. The molecule has 4 rings (SSSR count). The number of aromatic hydroxyl groups is 1. The molecule has 2 heterocycles. The van der Waals surface area contributed by atoms with Crippen molar-refractivity contribution in [2.24, 2.45) is 10.2 Å². The van der Waals surface area contributed by atoms with Gasteiger partial charge in [-0.1, -0.05) is 15.9 Å². The van der Waals surface area contributed by atoms with E-state index in [2.05, 4.69) is 26.2 Å². The Morgan fingerprint density at radius 3 is 2.56 bits per heavy atom. The van der Waals surface area contributed by atoms with Crippen LogP contribution in [-0.2, 0) is 0 Å². The SMILES string of the molecule is Cc1cc(=O)oc2c1ccc1oc(N=Nc3ccc(Br)cc3)c(O)c12. The smallest absolute Gasteiger partial charge is 0.336 e. The van der Waals surface area contributed by atoms with Gasteiger partial charge >= 0.3 is 5.63 Å². The molecule has 0 spiro atoms. The summed E-state index contributed by atoms with van der Waals surface area (Å²) in [6.07, 6.45) is 0. The summed E-state index contributed by atoms with van der Waals surface area (Å²) in [7, 11) is 0. The zero-order chi connectivity index (χ0) is 17.6. The average Bonchev–Trinajstić information content (AvgIpc) is 2.91. The molecule has 6 nitrogen and oxygen atoms in total. The van der Waals surface area contributed by atoms with Gasteiger partial charge in [0.2, 0.25) is 0 Å². The summed E-state index contributed by atoms with van der Waals surface area (Å²) in [5, 5.41) is 19.5. The summed E-state index contributed by atoms with van der Waals surface area (Å²) in [6, 6.07) is 12.1. The summed E-state index contributed by atoms with van der Waals surface area (Å²) in [4.78, 5) is 11.7. The molecule has 0 aliphatic rings. The van der Waals surface area contributed by atoms with Gasteiger partial charge in [0.15, 0.2) is 11.3 Å². The molecule has 0 bridgehead atoms. The molecule has 0 atom stereocenters. The minimum absolute atomic E-state index is 0.0467. The molecule has 0 saturated heterocycles. The second-order valence-electron chi connectivity index (χ2n) is 5.50. The number of azo groups is 1. The highest BCUT2D eigenvalue weighted by atomic mass is 79.9. The normalized spacial score (nSPS) is 11.8. The van der Waals surface area contributed by atoms with E-state index in [0.29, 0.717) is 16.7 Å². The monoisotopic (exact) mass is 398 g/mol. The molecule has 4 aromatic rings. The molecule has 0 saturated carbocycles. The van der Waals surface area contributed by atoms with Crippen molar-refractivity contribution in [2.75, 3.05) is 0 Å². The van der Waals surface area contributed by atoms with Crippen LogP contribution in [0.4, 0.5) is 11.6 Å². The lowest BCUT2D eigenvalue weighted by atomic mass is 10.1. The first-order chi connectivity index (χ1) is 12.0. The maximum Gasteiger partial charge on any atom is 0.336 e. The third-order valence-electron chi connectivity index (χ3n) is 3.81. The van der Waals surface area contributed by atoms with Crippen molar-refractivity contribution in [1.29, 1.82) is 0 Å². The van der Waals surface area contributed by atoms with Gasteiger partial charge in [0, 0.05) is 15.9 Å². The lowest BCUT2D eigenvalue weighted by Crippen LogP contribution is -1.97. The van der Waals surface area contributed by atoms with Crippen LogP contribution in [0.3, 0.4) is 0 Å². The molecule has 2 aromatic carbocycles. The van der Waals surface area contributed by atoms with Crippen LogP contribution < -0.4 is 5.63 Å². The van der Waals surface area contributed by atoms with Crippen molar-refractivity contribution in [2.45, 2.75) is 6.92 Å². The fourth-order valence-corrected chi connectivity index (χ4v) is 2.88. The molecule has 2 aromatic heterocycles. The van der Waals surface area contributed by atoms with Gasteiger partial charge in [-0.25, -0.2) is 4.79 Å². The maximum atomic E-state index is 11.7. The maximum absolute atomic E-state index is 11.7. The molecular formula is C18H11BrN2O4. The molecule has 0 aliphatic heterocycles. The van der Waals surface area contributed by atoms with E-state index in [4.69, 9.17) is 8.83 Å². The van der Waals surface area contributed by atoms with Gasteiger partial charge in [-0.3, -0.25) is 0 Å². The van der Waals surface area contributed by atoms with Gasteiger partial charge in [0.05, 0.1) is 5.69 Å². The fourth-order valence-electron chi connectivity index (χ4n) is 2.61. The molecule has 25 heavy (non-hydrogen) atoms. The number of furan rings is 1. The number of halogens is 1. The lowest BCUT2D eigenvalue weighted by molar-refractivity contribution is 0.467. The Bertz CT molecular complexity index is 1190. The summed E-state index contributed by atoms with van der Waals surface area (Å²) in [5.41, 5.74) is 1.51. The van der Waals surface area contributed by atoms with E-state index in [1.54, 1.807) is 31.2 Å². The predicted molar refractivity (Wildman–Crippen MR) is 97.0 cm³/mol. The standard InChI is InChI=1S/C18H11BrN2O4/c1-9-8-14(22)25-17-12(9)6-7-13-15(17)16(23)18(24-13)21-20-11-4-2-10(19)3-5-11/h2-8,23H,1H3. The van der Waals surface area contributed by atoms with Crippen LogP contribution >= 0.6 is 15.9 Å². The molecule has 0 fully saturated rings. The Balaban J connectivity index is 1.89. The number of rotatable bonds is 2. The van der Waals surface area contributed by atoms with Crippen LogP contribution in [0.5, 0.6) is 5.75 Å². The van der Waals surface area contributed by atoms with Crippen LogP contribution in [-0.4, -0.2) is 5.11 Å². The quantitative estimate of drug-likeness (QED) is 0.344. The zero-order valence-electron chi connectivity index (χ0n) is 13.0. The molecule has 7 heteroatoms. The van der Waals surface area contributed by atoms with Crippen molar-refractivity contribution < 1.29 is 13.9 Å². The third-order valence-corrected chi connectivity index (χ3v) is 4.34. The van der Waals surface area contributed by atoms with Crippen molar-refractivity contribution in [3.05, 3.63) is 62.9 Å². The summed E-state index contributed by atoms with van der Waals surface area (Å²) in [6.45, 7) is 1.80. The first-order valence-electron chi connectivity index (χ1n) is 7.39. The minimum Gasteiger partial charge on any atom is -0.502 e. The lowest BCUT2D eigenvalue weighted by Gasteiger charge is -2.00. The number of nitrogens with zero attached hydrogens (tertiary/aromatic N) is 2. The highest BCUT2D eigenvalue weighted by Crippen LogP contribution is 2.42. The van der Waals surface area contributed by atoms with Crippen molar-refractivity contribution in [3.63, 3.8) is 0 Å². The van der Waals surface area contributed by atoms with Gasteiger partial charge in [-0.15, -0.1) is 10.2 Å². The summed E-state index contributed by atoms with van der Waals surface area (Å²) in [5.74, 6) is -0.259. The Hall–Kier alpha value is -2.93. The van der Waals surface area contributed by atoms with E-state index in [1.807, 2.05) is 12.1 Å². The minimum atomic E-state index is -0.490. The van der Waals surface area contributed by atoms with E-state index >= 15 is 0 Å². The Morgan fingerprint density at radius 1 is 1.04 bits per heavy atom.